The Morgan fingerprint density at radius 2 is 2.10 bits per heavy atom. The number of nitrogens with zero attached hydrogens (tertiary/aromatic N) is 5. The minimum atomic E-state index is -0.460. The number of carbonyl (C=O) groups excluding carboxylic acids is 1. The molecule has 3 heterocycles. The molecule has 162 valence electrons. The van der Waals surface area contributed by atoms with E-state index < -0.39 is 4.92 Å². The molecule has 0 unspecified atom stereocenters. The fraction of sp³-hybridized carbons (Fsp3) is 0.350. The second-order valence-electron chi connectivity index (χ2n) is 7.24. The van der Waals surface area contributed by atoms with E-state index in [2.05, 4.69) is 20.4 Å². The van der Waals surface area contributed by atoms with Gasteiger partial charge in [0.05, 0.1) is 23.5 Å². The molecule has 0 radical (unpaired) electrons. The smallest absolute Gasteiger partial charge is 0.269 e. The zero-order chi connectivity index (χ0) is 21.8. The molecule has 11 heteroatoms. The van der Waals surface area contributed by atoms with Crippen LogP contribution < -0.4 is 10.2 Å². The summed E-state index contributed by atoms with van der Waals surface area (Å²) in [5.74, 6) is 1.47. The van der Waals surface area contributed by atoms with E-state index in [1.165, 1.54) is 23.9 Å². The highest BCUT2D eigenvalue weighted by molar-refractivity contribution is 7.99. The lowest BCUT2D eigenvalue weighted by Gasteiger charge is -2.17. The molecule has 10 nitrogen and oxygen atoms in total. The summed E-state index contributed by atoms with van der Waals surface area (Å²) in [5.41, 5.74) is 1.17. The molecule has 1 aliphatic heterocycles. The van der Waals surface area contributed by atoms with E-state index in [1.54, 1.807) is 19.3 Å². The molecule has 0 aliphatic carbocycles. The van der Waals surface area contributed by atoms with E-state index in [0.717, 1.165) is 37.6 Å². The number of benzene rings is 1. The van der Waals surface area contributed by atoms with Gasteiger partial charge in [-0.15, -0.1) is 10.2 Å². The molecule has 1 fully saturated rings. The molecule has 1 saturated heterocycles. The van der Waals surface area contributed by atoms with Crippen molar-refractivity contribution in [3.8, 4) is 0 Å². The normalized spacial score (nSPS) is 13.5. The maximum absolute atomic E-state index is 12.5. The van der Waals surface area contributed by atoms with Crippen molar-refractivity contribution in [1.82, 2.24) is 14.8 Å². The van der Waals surface area contributed by atoms with Crippen molar-refractivity contribution in [2.24, 2.45) is 0 Å². The van der Waals surface area contributed by atoms with Crippen LogP contribution in [0.15, 0.2) is 46.2 Å². The van der Waals surface area contributed by atoms with Crippen LogP contribution in [-0.4, -0.2) is 44.4 Å². The zero-order valence-electron chi connectivity index (χ0n) is 17.0. The van der Waals surface area contributed by atoms with Crippen LogP contribution in [0.25, 0.3) is 0 Å². The fourth-order valence-corrected chi connectivity index (χ4v) is 4.19. The number of rotatable bonds is 8. The van der Waals surface area contributed by atoms with E-state index in [9.17, 15) is 14.9 Å². The maximum atomic E-state index is 12.5. The molecular weight excluding hydrogens is 420 g/mol. The monoisotopic (exact) mass is 442 g/mol. The third kappa shape index (κ3) is 4.88. The molecular formula is C20H22N6O4S. The summed E-state index contributed by atoms with van der Waals surface area (Å²) in [6.07, 6.45) is 3.86. The van der Waals surface area contributed by atoms with Gasteiger partial charge in [0.15, 0.2) is 5.16 Å². The van der Waals surface area contributed by atoms with E-state index in [4.69, 9.17) is 4.42 Å². The van der Waals surface area contributed by atoms with Crippen LogP contribution in [0.5, 0.6) is 0 Å². The Morgan fingerprint density at radius 3 is 2.77 bits per heavy atom. The lowest BCUT2D eigenvalue weighted by molar-refractivity contribution is -0.384. The van der Waals surface area contributed by atoms with Crippen LogP contribution in [-0.2, 0) is 11.3 Å². The number of hydrogen-bond donors (Lipinski definition) is 1. The van der Waals surface area contributed by atoms with Gasteiger partial charge >= 0.3 is 0 Å². The summed E-state index contributed by atoms with van der Waals surface area (Å²) < 4.78 is 7.46. The number of hydrogen-bond acceptors (Lipinski definition) is 8. The van der Waals surface area contributed by atoms with Crippen molar-refractivity contribution in [3.63, 3.8) is 0 Å². The third-order valence-corrected chi connectivity index (χ3v) is 5.97. The van der Waals surface area contributed by atoms with Gasteiger partial charge in [-0.1, -0.05) is 11.8 Å². The number of non-ortho nitro benzene ring substituents is 1. The van der Waals surface area contributed by atoms with Crippen molar-refractivity contribution in [1.29, 1.82) is 0 Å². The second-order valence-corrected chi connectivity index (χ2v) is 8.18. The Labute approximate surface area is 182 Å². The molecule has 1 aliphatic rings. The minimum absolute atomic E-state index is 0.00894. The van der Waals surface area contributed by atoms with Gasteiger partial charge in [-0.25, -0.2) is 0 Å². The van der Waals surface area contributed by atoms with Gasteiger partial charge in [0, 0.05) is 30.9 Å². The molecule has 1 amide bonds. The SMILES string of the molecule is Cc1cc([N+](=O)[O-])ccc1NC(=O)CSc1nnc(N2CCCC2)n1Cc1ccco1. The molecule has 31 heavy (non-hydrogen) atoms. The average molecular weight is 443 g/mol. The molecule has 2 aromatic heterocycles. The van der Waals surface area contributed by atoms with Gasteiger partial charge in [0.1, 0.15) is 5.76 Å². The van der Waals surface area contributed by atoms with Gasteiger partial charge in [-0.2, -0.15) is 0 Å². The van der Waals surface area contributed by atoms with Crippen molar-refractivity contribution in [3.05, 3.63) is 58.0 Å². The Bertz CT molecular complexity index is 1080. The molecule has 1 aromatic carbocycles. The molecule has 0 saturated carbocycles. The first-order valence-corrected chi connectivity index (χ1v) is 10.9. The molecule has 0 spiro atoms. The largest absolute Gasteiger partial charge is 0.467 e. The minimum Gasteiger partial charge on any atom is -0.467 e. The Balaban J connectivity index is 1.45. The number of nitro groups is 1. The van der Waals surface area contributed by atoms with E-state index in [-0.39, 0.29) is 17.3 Å². The first-order chi connectivity index (χ1) is 15.0. The number of anilines is 2. The quantitative estimate of drug-likeness (QED) is 0.320. The highest BCUT2D eigenvalue weighted by atomic mass is 32.2. The van der Waals surface area contributed by atoms with Gasteiger partial charge in [-0.05, 0) is 43.5 Å². The number of nitro benzene ring substituents is 1. The molecule has 1 N–H and O–H groups in total. The number of aryl methyl sites for hydroxylation is 1. The summed E-state index contributed by atoms with van der Waals surface area (Å²) in [5, 5.41) is 23.0. The van der Waals surface area contributed by atoms with Gasteiger partial charge < -0.3 is 14.6 Å². The number of thioether (sulfide) groups is 1. The number of aromatic nitrogens is 3. The topological polar surface area (TPSA) is 119 Å². The van der Waals surface area contributed by atoms with Crippen LogP contribution in [0.4, 0.5) is 17.3 Å². The zero-order valence-corrected chi connectivity index (χ0v) is 17.8. The van der Waals surface area contributed by atoms with Crippen molar-refractivity contribution in [2.75, 3.05) is 29.1 Å². The number of amides is 1. The van der Waals surface area contributed by atoms with E-state index in [1.807, 2.05) is 16.7 Å². The second kappa shape index (κ2) is 9.21. The van der Waals surface area contributed by atoms with Crippen molar-refractivity contribution < 1.29 is 14.1 Å². The van der Waals surface area contributed by atoms with E-state index in [0.29, 0.717) is 23.0 Å². The predicted molar refractivity (Wildman–Crippen MR) is 116 cm³/mol. The lowest BCUT2D eigenvalue weighted by Crippen LogP contribution is -2.23. The number of carbonyl (C=O) groups is 1. The summed E-state index contributed by atoms with van der Waals surface area (Å²) in [4.78, 5) is 25.1. The number of furan rings is 1. The van der Waals surface area contributed by atoms with Gasteiger partial charge in [0.2, 0.25) is 11.9 Å². The third-order valence-electron chi connectivity index (χ3n) is 5.01. The first-order valence-electron chi connectivity index (χ1n) is 9.89. The fourth-order valence-electron chi connectivity index (χ4n) is 3.45. The summed E-state index contributed by atoms with van der Waals surface area (Å²) >= 11 is 1.29. The van der Waals surface area contributed by atoms with E-state index >= 15 is 0 Å². The predicted octanol–water partition coefficient (Wildman–Crippen LogP) is 3.47. The van der Waals surface area contributed by atoms with Crippen LogP contribution in [0.2, 0.25) is 0 Å². The van der Waals surface area contributed by atoms with Crippen LogP contribution in [0.1, 0.15) is 24.2 Å². The average Bonchev–Trinajstić information content (AvgIpc) is 3.50. The molecule has 0 atom stereocenters. The summed E-state index contributed by atoms with van der Waals surface area (Å²) in [6, 6.07) is 8.08. The van der Waals surface area contributed by atoms with Gasteiger partial charge in [-0.3, -0.25) is 19.5 Å². The molecule has 0 bridgehead atoms. The van der Waals surface area contributed by atoms with Gasteiger partial charge in [0.25, 0.3) is 5.69 Å². The highest BCUT2D eigenvalue weighted by Gasteiger charge is 2.22. The lowest BCUT2D eigenvalue weighted by atomic mass is 10.2. The van der Waals surface area contributed by atoms with Crippen LogP contribution in [0.3, 0.4) is 0 Å². The van der Waals surface area contributed by atoms with Crippen molar-refractivity contribution >= 4 is 35.0 Å². The summed E-state index contributed by atoms with van der Waals surface area (Å²) in [7, 11) is 0. The highest BCUT2D eigenvalue weighted by Crippen LogP contribution is 2.27. The molecule has 3 aromatic rings. The Hall–Kier alpha value is -3.34. The van der Waals surface area contributed by atoms with Crippen LogP contribution >= 0.6 is 11.8 Å². The van der Waals surface area contributed by atoms with Crippen LogP contribution in [0, 0.1) is 17.0 Å². The van der Waals surface area contributed by atoms with Crippen molar-refractivity contribution in [2.45, 2.75) is 31.5 Å². The number of nitrogens with one attached hydrogen (secondary N) is 1. The Kier molecular flexibility index (Phi) is 6.21. The Morgan fingerprint density at radius 1 is 1.29 bits per heavy atom. The first kappa shape index (κ1) is 20.9. The molecule has 4 rings (SSSR count). The summed E-state index contributed by atoms with van der Waals surface area (Å²) in [6.45, 7) is 4.07. The standard InChI is InChI=1S/C20H22N6O4S/c1-14-11-15(26(28)29)6-7-17(14)21-18(27)13-31-20-23-22-19(24-8-2-3-9-24)25(20)12-16-5-4-10-30-16/h4-7,10-11H,2-3,8-9,12-13H2,1H3,(H,21,27). The maximum Gasteiger partial charge on any atom is 0.269 e.